The van der Waals surface area contributed by atoms with Crippen LogP contribution in [0.1, 0.15) is 11.1 Å². The maximum absolute atomic E-state index is 13.5. The molecule has 0 aromatic heterocycles. The minimum atomic E-state index is -0.241. The van der Waals surface area contributed by atoms with E-state index in [1.165, 1.54) is 6.07 Å². The largest absolute Gasteiger partial charge is 0.488 e. The van der Waals surface area contributed by atoms with Crippen molar-refractivity contribution in [1.82, 2.24) is 5.32 Å². The summed E-state index contributed by atoms with van der Waals surface area (Å²) in [6.45, 7) is 5.32. The third-order valence-electron chi connectivity index (χ3n) is 2.92. The summed E-state index contributed by atoms with van der Waals surface area (Å²) in [6, 6.07) is 14.4. The fourth-order valence-corrected chi connectivity index (χ4v) is 1.87. The molecule has 0 saturated carbocycles. The highest BCUT2D eigenvalue weighted by Gasteiger charge is 2.05. The van der Waals surface area contributed by atoms with Gasteiger partial charge in [-0.05, 0) is 12.1 Å². The van der Waals surface area contributed by atoms with Gasteiger partial charge in [-0.2, -0.15) is 0 Å². The molecule has 2 nitrogen and oxygen atoms in total. The van der Waals surface area contributed by atoms with Crippen molar-refractivity contribution in [3.63, 3.8) is 0 Å². The molecule has 0 radical (unpaired) electrons. The maximum atomic E-state index is 13.5. The zero-order chi connectivity index (χ0) is 14.2. The molecule has 0 aliphatic heterocycles. The lowest BCUT2D eigenvalue weighted by Gasteiger charge is -2.12. The van der Waals surface area contributed by atoms with Crippen LogP contribution in [-0.4, -0.2) is 6.54 Å². The molecule has 0 unspecified atom stereocenters. The molecule has 2 rings (SSSR count). The van der Waals surface area contributed by atoms with Gasteiger partial charge in [0.2, 0.25) is 0 Å². The number of ether oxygens (including phenoxy) is 1. The number of hydrogen-bond acceptors (Lipinski definition) is 2. The molecule has 1 N–H and O–H groups in total. The van der Waals surface area contributed by atoms with Crippen molar-refractivity contribution in [2.24, 2.45) is 0 Å². The lowest BCUT2D eigenvalue weighted by Crippen LogP contribution is -2.13. The summed E-state index contributed by atoms with van der Waals surface area (Å²) in [5.41, 5.74) is 1.60. The molecule has 0 spiro atoms. The Kier molecular flexibility index (Phi) is 7.51. The maximum Gasteiger partial charge on any atom is 0.129 e. The predicted octanol–water partition coefficient (Wildman–Crippen LogP) is 4.10. The van der Waals surface area contributed by atoms with Gasteiger partial charge >= 0.3 is 0 Å². The molecule has 0 bridgehead atoms. The third-order valence-corrected chi connectivity index (χ3v) is 2.92. The van der Waals surface area contributed by atoms with Gasteiger partial charge in [-0.1, -0.05) is 42.5 Å². The lowest BCUT2D eigenvalue weighted by atomic mass is 10.2. The predicted molar refractivity (Wildman–Crippen MR) is 86.3 cm³/mol. The summed E-state index contributed by atoms with van der Waals surface area (Å²) in [4.78, 5) is 0. The topological polar surface area (TPSA) is 21.3 Å². The Morgan fingerprint density at radius 1 is 1.05 bits per heavy atom. The summed E-state index contributed by atoms with van der Waals surface area (Å²) < 4.78 is 19.3. The van der Waals surface area contributed by atoms with Gasteiger partial charge < -0.3 is 10.1 Å². The quantitative estimate of drug-likeness (QED) is 0.614. The van der Waals surface area contributed by atoms with E-state index in [-0.39, 0.29) is 24.8 Å². The van der Waals surface area contributed by atoms with E-state index in [0.29, 0.717) is 12.1 Å². The Balaban J connectivity index is 0.00000220. The van der Waals surface area contributed by atoms with E-state index in [0.717, 1.165) is 17.9 Å². The van der Waals surface area contributed by atoms with Gasteiger partial charge in [0, 0.05) is 24.2 Å². The average Bonchev–Trinajstić information content (AvgIpc) is 2.48. The van der Waals surface area contributed by atoms with E-state index >= 15 is 0 Å². The normalized spacial score (nSPS) is 9.76. The van der Waals surface area contributed by atoms with Crippen molar-refractivity contribution in [1.29, 1.82) is 0 Å². The Morgan fingerprint density at radius 2 is 1.71 bits per heavy atom. The number of halogens is 2. The van der Waals surface area contributed by atoms with Gasteiger partial charge in [0.15, 0.2) is 0 Å². The molecule has 0 atom stereocenters. The van der Waals surface area contributed by atoms with Crippen molar-refractivity contribution in [3.8, 4) is 5.75 Å². The molecule has 0 aliphatic carbocycles. The van der Waals surface area contributed by atoms with Crippen LogP contribution in [0.4, 0.5) is 4.39 Å². The van der Waals surface area contributed by atoms with E-state index in [1.807, 2.05) is 30.3 Å². The Morgan fingerprint density at radius 3 is 2.43 bits per heavy atom. The second kappa shape index (κ2) is 9.16. The number of benzene rings is 2. The van der Waals surface area contributed by atoms with Gasteiger partial charge in [0.25, 0.3) is 0 Å². The molecular formula is C17H19ClFNO. The SMILES string of the molecule is C=CCNCc1ccccc1OCc1ccccc1F.Cl. The number of hydrogen-bond donors (Lipinski definition) is 1. The average molecular weight is 308 g/mol. The molecule has 0 heterocycles. The fourth-order valence-electron chi connectivity index (χ4n) is 1.87. The Bertz CT molecular complexity index is 574. The molecule has 4 heteroatoms. The zero-order valence-corrected chi connectivity index (χ0v) is 12.5. The van der Waals surface area contributed by atoms with Crippen LogP contribution in [0.3, 0.4) is 0 Å². The van der Waals surface area contributed by atoms with Crippen molar-refractivity contribution in [2.75, 3.05) is 6.54 Å². The molecule has 0 aliphatic rings. The van der Waals surface area contributed by atoms with Gasteiger partial charge in [-0.15, -0.1) is 19.0 Å². The van der Waals surface area contributed by atoms with Crippen LogP contribution in [0.2, 0.25) is 0 Å². The minimum Gasteiger partial charge on any atom is -0.488 e. The highest BCUT2D eigenvalue weighted by atomic mass is 35.5. The monoisotopic (exact) mass is 307 g/mol. The Hall–Kier alpha value is -1.84. The molecular weight excluding hydrogens is 289 g/mol. The lowest BCUT2D eigenvalue weighted by molar-refractivity contribution is 0.296. The molecule has 0 saturated heterocycles. The molecule has 0 amide bonds. The van der Waals surface area contributed by atoms with Gasteiger partial charge in [-0.3, -0.25) is 0 Å². The second-order valence-corrected chi connectivity index (χ2v) is 4.41. The third kappa shape index (κ3) is 5.21. The van der Waals surface area contributed by atoms with E-state index in [1.54, 1.807) is 18.2 Å². The van der Waals surface area contributed by atoms with Gasteiger partial charge in [0.05, 0.1) is 0 Å². The molecule has 112 valence electrons. The molecule has 21 heavy (non-hydrogen) atoms. The summed E-state index contributed by atoms with van der Waals surface area (Å²) in [5.74, 6) is 0.530. The fraction of sp³-hybridized carbons (Fsp3) is 0.176. The van der Waals surface area contributed by atoms with E-state index < -0.39 is 0 Å². The van der Waals surface area contributed by atoms with Crippen LogP contribution < -0.4 is 10.1 Å². The van der Waals surface area contributed by atoms with Crippen LogP contribution in [0.25, 0.3) is 0 Å². The van der Waals surface area contributed by atoms with E-state index in [4.69, 9.17) is 4.74 Å². The smallest absolute Gasteiger partial charge is 0.129 e. The van der Waals surface area contributed by atoms with E-state index in [2.05, 4.69) is 11.9 Å². The highest BCUT2D eigenvalue weighted by molar-refractivity contribution is 5.85. The van der Waals surface area contributed by atoms with Crippen molar-refractivity contribution < 1.29 is 9.13 Å². The zero-order valence-electron chi connectivity index (χ0n) is 11.7. The molecule has 2 aromatic carbocycles. The number of nitrogens with one attached hydrogen (secondary N) is 1. The first-order valence-corrected chi connectivity index (χ1v) is 6.57. The summed E-state index contributed by atoms with van der Waals surface area (Å²) in [7, 11) is 0. The number of para-hydroxylation sites is 1. The highest BCUT2D eigenvalue weighted by Crippen LogP contribution is 2.19. The van der Waals surface area contributed by atoms with E-state index in [9.17, 15) is 4.39 Å². The minimum absolute atomic E-state index is 0. The second-order valence-electron chi connectivity index (χ2n) is 4.41. The summed E-state index contributed by atoms with van der Waals surface area (Å²) in [5, 5.41) is 3.23. The van der Waals surface area contributed by atoms with Crippen molar-refractivity contribution >= 4 is 12.4 Å². The van der Waals surface area contributed by atoms with Crippen LogP contribution in [0.5, 0.6) is 5.75 Å². The van der Waals surface area contributed by atoms with Gasteiger partial charge in [-0.25, -0.2) is 4.39 Å². The number of rotatable bonds is 7. The summed E-state index contributed by atoms with van der Waals surface area (Å²) in [6.07, 6.45) is 1.81. The standard InChI is InChI=1S/C17H18FNO.ClH/c1-2-11-19-12-14-7-4-6-10-17(14)20-13-15-8-3-5-9-16(15)18;/h2-10,19H,1,11-13H2;1H. The van der Waals surface area contributed by atoms with Crippen LogP contribution in [0.15, 0.2) is 61.2 Å². The van der Waals surface area contributed by atoms with Crippen LogP contribution in [-0.2, 0) is 13.2 Å². The first-order chi connectivity index (χ1) is 9.81. The first kappa shape index (κ1) is 17.2. The van der Waals surface area contributed by atoms with Crippen LogP contribution >= 0.6 is 12.4 Å². The summed E-state index contributed by atoms with van der Waals surface area (Å²) >= 11 is 0. The van der Waals surface area contributed by atoms with Gasteiger partial charge in [0.1, 0.15) is 18.2 Å². The van der Waals surface area contributed by atoms with Crippen molar-refractivity contribution in [2.45, 2.75) is 13.2 Å². The van der Waals surface area contributed by atoms with Crippen LogP contribution in [0, 0.1) is 5.82 Å². The first-order valence-electron chi connectivity index (χ1n) is 6.57. The van der Waals surface area contributed by atoms with Crippen molar-refractivity contribution in [3.05, 3.63) is 78.1 Å². The molecule has 0 fully saturated rings. The molecule has 2 aromatic rings. The Labute approximate surface area is 131 Å².